The van der Waals surface area contributed by atoms with Gasteiger partial charge < -0.3 is 9.47 Å². The Bertz CT molecular complexity index is 966. The minimum atomic E-state index is -0.341. The molecule has 4 rings (SSSR count). The Morgan fingerprint density at radius 3 is 2.52 bits per heavy atom. The van der Waals surface area contributed by atoms with Crippen molar-refractivity contribution in [3.63, 3.8) is 0 Å². The number of esters is 1. The molecule has 2 heterocycles. The molecule has 0 amide bonds. The van der Waals surface area contributed by atoms with Gasteiger partial charge >= 0.3 is 5.97 Å². The third-order valence-corrected chi connectivity index (χ3v) is 5.02. The van der Waals surface area contributed by atoms with Crippen LogP contribution in [0.15, 0.2) is 54.7 Å². The molecule has 1 fully saturated rings. The van der Waals surface area contributed by atoms with Crippen LogP contribution in [0.5, 0.6) is 0 Å². The zero-order valence-corrected chi connectivity index (χ0v) is 16.6. The molecule has 7 heteroatoms. The Morgan fingerprint density at radius 1 is 1.10 bits per heavy atom. The van der Waals surface area contributed by atoms with Crippen LogP contribution in [0.4, 0.5) is 0 Å². The van der Waals surface area contributed by atoms with Gasteiger partial charge in [0, 0.05) is 13.1 Å². The number of aryl methyl sites for hydroxylation is 1. The van der Waals surface area contributed by atoms with Gasteiger partial charge in [0.1, 0.15) is 5.69 Å². The first-order valence-electron chi connectivity index (χ1n) is 9.61. The molecule has 0 spiro atoms. The van der Waals surface area contributed by atoms with Crippen LogP contribution in [0.3, 0.4) is 0 Å². The first-order chi connectivity index (χ1) is 14.1. The molecule has 1 aliphatic heterocycles. The second kappa shape index (κ2) is 8.55. The summed E-state index contributed by atoms with van der Waals surface area (Å²) in [6, 6.07) is 15.8. The predicted octanol–water partition coefficient (Wildman–Crippen LogP) is 2.95. The topological polar surface area (TPSA) is 69.5 Å². The lowest BCUT2D eigenvalue weighted by atomic mass is 10.1. The molecule has 150 valence electrons. The molecule has 0 radical (unpaired) electrons. The van der Waals surface area contributed by atoms with Gasteiger partial charge in [-0.15, -0.1) is 5.10 Å². The van der Waals surface area contributed by atoms with E-state index in [1.54, 1.807) is 16.8 Å². The highest BCUT2D eigenvalue weighted by molar-refractivity contribution is 5.89. The largest absolute Gasteiger partial charge is 0.465 e. The fourth-order valence-electron chi connectivity index (χ4n) is 3.42. The van der Waals surface area contributed by atoms with E-state index in [0.717, 1.165) is 24.3 Å². The SMILES string of the molecule is COC(=O)c1ccc(Cn2cc(C3OCCN3Cc3ccc(C)cc3)nn2)cc1. The number of aromatic nitrogens is 3. The lowest BCUT2D eigenvalue weighted by molar-refractivity contribution is 0.0252. The van der Waals surface area contributed by atoms with E-state index in [4.69, 9.17) is 9.47 Å². The molecule has 3 aromatic rings. The maximum Gasteiger partial charge on any atom is 0.337 e. The fourth-order valence-corrected chi connectivity index (χ4v) is 3.42. The van der Waals surface area contributed by atoms with Gasteiger partial charge in [0.2, 0.25) is 0 Å². The molecule has 0 bridgehead atoms. The molecule has 0 N–H and O–H groups in total. The number of rotatable bonds is 6. The molecule has 0 aliphatic carbocycles. The number of nitrogens with zero attached hydrogens (tertiary/aromatic N) is 4. The summed E-state index contributed by atoms with van der Waals surface area (Å²) in [7, 11) is 1.38. The normalized spacial score (nSPS) is 16.8. The molecule has 1 atom stereocenters. The summed E-state index contributed by atoms with van der Waals surface area (Å²) >= 11 is 0. The summed E-state index contributed by atoms with van der Waals surface area (Å²) in [5, 5.41) is 8.58. The van der Waals surface area contributed by atoms with Crippen molar-refractivity contribution in [3.8, 4) is 0 Å². The van der Waals surface area contributed by atoms with Crippen molar-refractivity contribution in [2.75, 3.05) is 20.3 Å². The Balaban J connectivity index is 1.42. The van der Waals surface area contributed by atoms with E-state index in [2.05, 4.69) is 46.4 Å². The third-order valence-electron chi connectivity index (χ3n) is 5.02. The van der Waals surface area contributed by atoms with Crippen molar-refractivity contribution in [1.82, 2.24) is 19.9 Å². The maximum atomic E-state index is 11.5. The van der Waals surface area contributed by atoms with Crippen molar-refractivity contribution in [3.05, 3.63) is 82.7 Å². The monoisotopic (exact) mass is 392 g/mol. The van der Waals surface area contributed by atoms with Crippen LogP contribution in [0.2, 0.25) is 0 Å². The van der Waals surface area contributed by atoms with E-state index in [-0.39, 0.29) is 12.2 Å². The molecule has 7 nitrogen and oxygen atoms in total. The van der Waals surface area contributed by atoms with Gasteiger partial charge in [0.05, 0.1) is 32.0 Å². The van der Waals surface area contributed by atoms with Gasteiger partial charge in [0.25, 0.3) is 0 Å². The lowest BCUT2D eigenvalue weighted by Gasteiger charge is -2.21. The van der Waals surface area contributed by atoms with Crippen LogP contribution >= 0.6 is 0 Å². The minimum absolute atomic E-state index is 0.188. The summed E-state index contributed by atoms with van der Waals surface area (Å²) in [5.74, 6) is -0.341. The van der Waals surface area contributed by atoms with Crippen molar-refractivity contribution in [2.45, 2.75) is 26.2 Å². The van der Waals surface area contributed by atoms with Gasteiger partial charge in [-0.05, 0) is 30.2 Å². The maximum absolute atomic E-state index is 11.5. The first-order valence-corrected chi connectivity index (χ1v) is 9.61. The molecule has 0 saturated carbocycles. The van der Waals surface area contributed by atoms with E-state index in [0.29, 0.717) is 18.7 Å². The third kappa shape index (κ3) is 4.52. The molecular formula is C22H24N4O3. The second-order valence-electron chi connectivity index (χ2n) is 7.21. The quantitative estimate of drug-likeness (QED) is 0.601. The van der Waals surface area contributed by atoms with E-state index in [1.165, 1.54) is 18.2 Å². The smallest absolute Gasteiger partial charge is 0.337 e. The predicted molar refractivity (Wildman–Crippen MR) is 107 cm³/mol. The van der Waals surface area contributed by atoms with Crippen LogP contribution < -0.4 is 0 Å². The van der Waals surface area contributed by atoms with Crippen LogP contribution in [-0.2, 0) is 22.6 Å². The van der Waals surface area contributed by atoms with Crippen molar-refractivity contribution in [1.29, 1.82) is 0 Å². The van der Waals surface area contributed by atoms with Gasteiger partial charge in [0.15, 0.2) is 6.23 Å². The number of carbonyl (C=O) groups excluding carboxylic acids is 1. The number of hydrogen-bond donors (Lipinski definition) is 0. The van der Waals surface area contributed by atoms with Gasteiger partial charge in [-0.2, -0.15) is 0 Å². The van der Waals surface area contributed by atoms with Crippen molar-refractivity contribution in [2.24, 2.45) is 0 Å². The summed E-state index contributed by atoms with van der Waals surface area (Å²) in [5.41, 5.74) is 4.87. The highest BCUT2D eigenvalue weighted by atomic mass is 16.5. The van der Waals surface area contributed by atoms with Crippen LogP contribution in [0, 0.1) is 6.92 Å². The van der Waals surface area contributed by atoms with E-state index < -0.39 is 0 Å². The molecule has 1 aliphatic rings. The minimum Gasteiger partial charge on any atom is -0.465 e. The van der Waals surface area contributed by atoms with Gasteiger partial charge in [-0.25, -0.2) is 9.48 Å². The fraction of sp³-hybridized carbons (Fsp3) is 0.318. The highest BCUT2D eigenvalue weighted by Crippen LogP contribution is 2.27. The standard InChI is InChI=1S/C22H24N4O3/c1-16-3-5-17(6-4-16)13-25-11-12-29-21(25)20-15-26(24-23-20)14-18-7-9-19(10-8-18)22(27)28-2/h3-10,15,21H,11-14H2,1-2H3. The molecule has 1 unspecified atom stereocenters. The van der Waals surface area contributed by atoms with Gasteiger partial charge in [-0.3, -0.25) is 4.90 Å². The number of ether oxygens (including phenoxy) is 2. The van der Waals surface area contributed by atoms with Crippen molar-refractivity contribution >= 4 is 5.97 Å². The number of benzene rings is 2. The molecule has 2 aromatic carbocycles. The summed E-state index contributed by atoms with van der Waals surface area (Å²) in [6.07, 6.45) is 1.73. The second-order valence-corrected chi connectivity index (χ2v) is 7.21. The Morgan fingerprint density at radius 2 is 1.79 bits per heavy atom. The Labute approximate surface area is 169 Å². The molecule has 1 saturated heterocycles. The average Bonchev–Trinajstić information content (AvgIpc) is 3.39. The van der Waals surface area contributed by atoms with E-state index in [1.807, 2.05) is 18.3 Å². The van der Waals surface area contributed by atoms with E-state index in [9.17, 15) is 4.79 Å². The Kier molecular flexibility index (Phi) is 5.69. The Hall–Kier alpha value is -3.03. The number of carbonyl (C=O) groups is 1. The zero-order chi connectivity index (χ0) is 20.2. The van der Waals surface area contributed by atoms with Crippen LogP contribution in [-0.4, -0.2) is 46.1 Å². The summed E-state index contributed by atoms with van der Waals surface area (Å²) < 4.78 is 12.4. The van der Waals surface area contributed by atoms with E-state index >= 15 is 0 Å². The first kappa shape index (κ1) is 19.3. The average molecular weight is 392 g/mol. The molecule has 1 aromatic heterocycles. The van der Waals surface area contributed by atoms with Crippen LogP contribution in [0.1, 0.15) is 39.0 Å². The molecule has 29 heavy (non-hydrogen) atoms. The number of methoxy groups -OCH3 is 1. The number of hydrogen-bond acceptors (Lipinski definition) is 6. The van der Waals surface area contributed by atoms with Gasteiger partial charge in [-0.1, -0.05) is 47.2 Å². The summed E-state index contributed by atoms with van der Waals surface area (Å²) in [6.45, 7) is 5.01. The lowest BCUT2D eigenvalue weighted by Crippen LogP contribution is -2.23. The highest BCUT2D eigenvalue weighted by Gasteiger charge is 2.29. The van der Waals surface area contributed by atoms with Crippen molar-refractivity contribution < 1.29 is 14.3 Å². The summed E-state index contributed by atoms with van der Waals surface area (Å²) in [4.78, 5) is 13.8. The van der Waals surface area contributed by atoms with Crippen LogP contribution in [0.25, 0.3) is 0 Å². The zero-order valence-electron chi connectivity index (χ0n) is 16.6. The molecular weight excluding hydrogens is 368 g/mol.